The number of fused-ring (bicyclic) bond motifs is 2. The summed E-state index contributed by atoms with van der Waals surface area (Å²) in [5.41, 5.74) is 3.91. The van der Waals surface area contributed by atoms with Gasteiger partial charge in [-0.1, -0.05) is 30.3 Å². The molecule has 3 heterocycles. The fraction of sp³-hybridized carbons (Fsp3) is 0.321. The Morgan fingerprint density at radius 3 is 2.86 bits per heavy atom. The third kappa shape index (κ3) is 6.00. The molecule has 4 aromatic rings. The maximum atomic E-state index is 12.9. The Morgan fingerprint density at radius 1 is 1.16 bits per heavy atom. The first-order valence-electron chi connectivity index (χ1n) is 12.5. The van der Waals surface area contributed by atoms with E-state index in [1.165, 1.54) is 5.56 Å². The van der Waals surface area contributed by atoms with Gasteiger partial charge in [-0.2, -0.15) is 0 Å². The molecule has 2 aromatic heterocycles. The van der Waals surface area contributed by atoms with Crippen molar-refractivity contribution in [3.05, 3.63) is 72.2 Å². The predicted octanol–water partition coefficient (Wildman–Crippen LogP) is 3.69. The number of likely N-dealkylation sites (N-methyl/N-ethyl adjacent to an activating group) is 1. The van der Waals surface area contributed by atoms with E-state index in [-0.39, 0.29) is 18.6 Å². The molecule has 5 rings (SSSR count). The molecule has 3 N–H and O–H groups in total. The van der Waals surface area contributed by atoms with Crippen molar-refractivity contribution in [2.24, 2.45) is 0 Å². The van der Waals surface area contributed by atoms with Gasteiger partial charge in [-0.25, -0.2) is 9.97 Å². The van der Waals surface area contributed by atoms with Gasteiger partial charge in [0.1, 0.15) is 17.8 Å². The maximum Gasteiger partial charge on any atom is 0.258 e. The van der Waals surface area contributed by atoms with Gasteiger partial charge in [0.15, 0.2) is 18.1 Å². The highest BCUT2D eigenvalue weighted by Gasteiger charge is 2.18. The Kier molecular flexibility index (Phi) is 7.51. The minimum absolute atomic E-state index is 0.0535. The van der Waals surface area contributed by atoms with Gasteiger partial charge in [0, 0.05) is 30.5 Å². The second-order valence-electron chi connectivity index (χ2n) is 9.36. The Hall–Kier alpha value is -4.11. The highest BCUT2D eigenvalue weighted by Crippen LogP contribution is 2.33. The molecule has 0 unspecified atom stereocenters. The Labute approximate surface area is 216 Å². The van der Waals surface area contributed by atoms with Gasteiger partial charge in [-0.3, -0.25) is 4.79 Å². The Bertz CT molecular complexity index is 1360. The molecule has 0 saturated heterocycles. The number of benzene rings is 2. The lowest BCUT2D eigenvalue weighted by atomic mass is 10.0. The molecule has 0 saturated carbocycles. The fourth-order valence-corrected chi connectivity index (χ4v) is 4.80. The summed E-state index contributed by atoms with van der Waals surface area (Å²) >= 11 is 0. The molecule has 9 nitrogen and oxygen atoms in total. The second-order valence-corrected chi connectivity index (χ2v) is 9.36. The average molecular weight is 501 g/mol. The monoisotopic (exact) mass is 500 g/mol. The van der Waals surface area contributed by atoms with Crippen LogP contribution in [0, 0.1) is 0 Å². The molecule has 0 fully saturated rings. The van der Waals surface area contributed by atoms with Gasteiger partial charge in [0.05, 0.1) is 12.5 Å². The van der Waals surface area contributed by atoms with Crippen LogP contribution < -0.4 is 20.1 Å². The van der Waals surface area contributed by atoms with Crippen molar-refractivity contribution < 1.29 is 14.3 Å². The number of hydrogen-bond donors (Lipinski definition) is 3. The number of carbonyl (C=O) groups is 1. The SMILES string of the molecule is COc1ccc2cc1OCC(=O)N[C@H](Cc1ccccc1)CN(C)CCCc1c[nH]c3ncnc(c13)N2. The molecule has 2 bridgehead atoms. The molecule has 1 atom stereocenters. The summed E-state index contributed by atoms with van der Waals surface area (Å²) in [4.78, 5) is 27.4. The van der Waals surface area contributed by atoms with Crippen LogP contribution in [0.25, 0.3) is 11.0 Å². The molecule has 1 aliphatic heterocycles. The summed E-state index contributed by atoms with van der Waals surface area (Å²) in [6.45, 7) is 1.50. The smallest absolute Gasteiger partial charge is 0.258 e. The van der Waals surface area contributed by atoms with E-state index in [4.69, 9.17) is 9.47 Å². The summed E-state index contributed by atoms with van der Waals surface area (Å²) < 4.78 is 11.4. The standard InChI is InChI=1S/C28H32N6O3/c1-34-12-6-9-20-15-29-27-26(20)28(31-18-30-27)33-21-10-11-23(36-2)24(14-21)37-17-25(35)32-22(16-34)13-19-7-4-3-5-8-19/h3-5,7-8,10-11,14-15,18,22H,6,9,12-13,16-17H2,1-2H3,(H,32,35)(H2,29,30,31,33)/t22-/m1/s1. The van der Waals surface area contributed by atoms with Gasteiger partial charge < -0.3 is 30.0 Å². The second kappa shape index (κ2) is 11.3. The van der Waals surface area contributed by atoms with Crippen molar-refractivity contribution in [2.75, 3.05) is 39.2 Å². The minimum Gasteiger partial charge on any atom is -0.493 e. The number of methoxy groups -OCH3 is 1. The van der Waals surface area contributed by atoms with Gasteiger partial charge in [-0.15, -0.1) is 0 Å². The zero-order valence-corrected chi connectivity index (χ0v) is 21.2. The quantitative estimate of drug-likeness (QED) is 0.394. The number of rotatable bonds is 3. The first kappa shape index (κ1) is 24.6. The van der Waals surface area contributed by atoms with E-state index in [0.717, 1.165) is 60.5 Å². The molecule has 1 aliphatic rings. The zero-order valence-electron chi connectivity index (χ0n) is 21.2. The number of amides is 1. The summed E-state index contributed by atoms with van der Waals surface area (Å²) in [7, 11) is 3.67. The molecule has 9 heteroatoms. The van der Waals surface area contributed by atoms with E-state index in [9.17, 15) is 4.79 Å². The zero-order chi connectivity index (χ0) is 25.6. The summed E-state index contributed by atoms with van der Waals surface area (Å²) in [6.07, 6.45) is 6.13. The Morgan fingerprint density at radius 2 is 2.03 bits per heavy atom. The number of anilines is 2. The number of aromatic amines is 1. The highest BCUT2D eigenvalue weighted by atomic mass is 16.5. The van der Waals surface area contributed by atoms with Crippen LogP contribution in [0.1, 0.15) is 17.5 Å². The van der Waals surface area contributed by atoms with E-state index >= 15 is 0 Å². The summed E-state index contributed by atoms with van der Waals surface area (Å²) in [5.74, 6) is 1.57. The number of aryl methyl sites for hydroxylation is 1. The molecule has 1 amide bonds. The number of aromatic nitrogens is 3. The molecule has 0 radical (unpaired) electrons. The van der Waals surface area contributed by atoms with Gasteiger partial charge in [0.25, 0.3) is 5.91 Å². The van der Waals surface area contributed by atoms with Crippen LogP contribution in [0.15, 0.2) is 61.1 Å². The third-order valence-corrected chi connectivity index (χ3v) is 6.54. The lowest BCUT2D eigenvalue weighted by molar-refractivity contribution is -0.123. The Balaban J connectivity index is 1.45. The number of ether oxygens (including phenoxy) is 2. The molecule has 37 heavy (non-hydrogen) atoms. The molecule has 0 aliphatic carbocycles. The lowest BCUT2D eigenvalue weighted by Gasteiger charge is -2.25. The van der Waals surface area contributed by atoms with Gasteiger partial charge in [0.2, 0.25) is 0 Å². The predicted molar refractivity (Wildman–Crippen MR) is 144 cm³/mol. The van der Waals surface area contributed by atoms with Gasteiger partial charge >= 0.3 is 0 Å². The van der Waals surface area contributed by atoms with Crippen LogP contribution in [-0.2, 0) is 17.6 Å². The highest BCUT2D eigenvalue weighted by molar-refractivity contribution is 5.92. The largest absolute Gasteiger partial charge is 0.493 e. The number of H-pyrrole nitrogens is 1. The molecule has 0 spiro atoms. The number of nitrogens with zero attached hydrogens (tertiary/aromatic N) is 3. The van der Waals surface area contributed by atoms with Crippen LogP contribution >= 0.6 is 0 Å². The van der Waals surface area contributed by atoms with E-state index < -0.39 is 0 Å². The van der Waals surface area contributed by atoms with Crippen molar-refractivity contribution >= 4 is 28.4 Å². The molecular weight excluding hydrogens is 468 g/mol. The maximum absolute atomic E-state index is 12.9. The number of hydrogen-bond acceptors (Lipinski definition) is 7. The van der Waals surface area contributed by atoms with E-state index in [0.29, 0.717) is 11.5 Å². The van der Waals surface area contributed by atoms with E-state index in [2.05, 4.69) is 49.7 Å². The van der Waals surface area contributed by atoms with E-state index in [1.54, 1.807) is 13.4 Å². The van der Waals surface area contributed by atoms with Crippen LogP contribution in [0.5, 0.6) is 11.5 Å². The number of nitrogens with one attached hydrogen (secondary N) is 3. The van der Waals surface area contributed by atoms with Crippen molar-refractivity contribution in [1.29, 1.82) is 0 Å². The minimum atomic E-state index is -0.174. The molecule has 2 aromatic carbocycles. The van der Waals surface area contributed by atoms with Crippen LogP contribution in [0.2, 0.25) is 0 Å². The van der Waals surface area contributed by atoms with Crippen LogP contribution in [-0.4, -0.2) is 65.7 Å². The van der Waals surface area contributed by atoms with Crippen LogP contribution in [0.4, 0.5) is 11.5 Å². The summed E-state index contributed by atoms with van der Waals surface area (Å²) in [5, 5.41) is 7.55. The average Bonchev–Trinajstić information content (AvgIpc) is 3.32. The van der Waals surface area contributed by atoms with Crippen molar-refractivity contribution in [3.63, 3.8) is 0 Å². The molecule has 192 valence electrons. The lowest BCUT2D eigenvalue weighted by Crippen LogP contribution is -2.45. The van der Waals surface area contributed by atoms with Crippen molar-refractivity contribution in [1.82, 2.24) is 25.2 Å². The van der Waals surface area contributed by atoms with Crippen molar-refractivity contribution in [3.8, 4) is 11.5 Å². The molecular formula is C28H32N6O3. The normalized spacial score (nSPS) is 17.4. The first-order chi connectivity index (χ1) is 18.1. The summed E-state index contributed by atoms with van der Waals surface area (Å²) in [6, 6.07) is 15.7. The fourth-order valence-electron chi connectivity index (χ4n) is 4.80. The first-order valence-corrected chi connectivity index (χ1v) is 12.5. The van der Waals surface area contributed by atoms with Crippen LogP contribution in [0.3, 0.4) is 0 Å². The van der Waals surface area contributed by atoms with E-state index in [1.807, 2.05) is 42.6 Å². The third-order valence-electron chi connectivity index (χ3n) is 6.54. The van der Waals surface area contributed by atoms with Crippen molar-refractivity contribution in [2.45, 2.75) is 25.3 Å². The topological polar surface area (TPSA) is 104 Å². The van der Waals surface area contributed by atoms with Gasteiger partial charge in [-0.05, 0) is 56.1 Å². The number of carbonyl (C=O) groups excluding carboxylic acids is 1.